The molecule has 0 fully saturated rings. The molecule has 21 heavy (non-hydrogen) atoms. The lowest BCUT2D eigenvalue weighted by Gasteiger charge is -2.15. The van der Waals surface area contributed by atoms with Gasteiger partial charge in [-0.05, 0) is 43.2 Å². The monoisotopic (exact) mass is 342 g/mol. The Labute approximate surface area is 131 Å². The van der Waals surface area contributed by atoms with E-state index >= 15 is 0 Å². The minimum Gasteiger partial charge on any atom is -0.367 e. The van der Waals surface area contributed by atoms with Crippen LogP contribution in [0.1, 0.15) is 12.5 Å². The van der Waals surface area contributed by atoms with Crippen molar-refractivity contribution in [1.29, 1.82) is 0 Å². The van der Waals surface area contributed by atoms with E-state index in [2.05, 4.69) is 61.3 Å². The fraction of sp³-hybridized carbons (Fsp3) is 0.188. The summed E-state index contributed by atoms with van der Waals surface area (Å²) < 4.78 is 1.10. The normalized spacial score (nSPS) is 12.3. The molecule has 1 atom stereocenters. The van der Waals surface area contributed by atoms with Gasteiger partial charge in [0.1, 0.15) is 11.3 Å². The van der Waals surface area contributed by atoms with Gasteiger partial charge in [-0.25, -0.2) is 9.97 Å². The summed E-state index contributed by atoms with van der Waals surface area (Å²) >= 11 is 3.50. The number of pyridine rings is 1. The van der Waals surface area contributed by atoms with Gasteiger partial charge in [0.05, 0.1) is 0 Å². The summed E-state index contributed by atoms with van der Waals surface area (Å²) in [5, 5.41) is 3.41. The number of hydrogen-bond acceptors (Lipinski definition) is 4. The molecule has 0 aliphatic carbocycles. The second kappa shape index (κ2) is 6.18. The Hall–Kier alpha value is -2.01. The molecule has 3 aromatic rings. The first-order valence-corrected chi connectivity index (χ1v) is 7.59. The molecule has 106 valence electrons. The molecule has 1 N–H and O–H groups in total. The summed E-state index contributed by atoms with van der Waals surface area (Å²) in [5.74, 6) is 0.825. The average molecular weight is 343 g/mol. The Morgan fingerprint density at radius 1 is 1.14 bits per heavy atom. The van der Waals surface area contributed by atoms with E-state index in [-0.39, 0.29) is 6.04 Å². The molecule has 0 aliphatic heterocycles. The van der Waals surface area contributed by atoms with Gasteiger partial charge >= 0.3 is 0 Å². The van der Waals surface area contributed by atoms with E-state index in [1.165, 1.54) is 5.56 Å². The standard InChI is InChI=1S/C16H15BrN4/c1-11(9-12-3-2-4-13(17)10-12)20-15-6-5-14-16(21-15)19-8-7-18-14/h2-8,10-11H,9H2,1H3,(H,19,20,21). The Morgan fingerprint density at radius 2 is 2.00 bits per heavy atom. The first kappa shape index (κ1) is 13.9. The van der Waals surface area contributed by atoms with Crippen molar-refractivity contribution in [3.63, 3.8) is 0 Å². The highest BCUT2D eigenvalue weighted by Gasteiger charge is 2.06. The predicted molar refractivity (Wildman–Crippen MR) is 88.3 cm³/mol. The molecule has 0 aliphatic rings. The van der Waals surface area contributed by atoms with Gasteiger partial charge in [-0.2, -0.15) is 0 Å². The summed E-state index contributed by atoms with van der Waals surface area (Å²) in [7, 11) is 0. The lowest BCUT2D eigenvalue weighted by atomic mass is 10.1. The highest BCUT2D eigenvalue weighted by atomic mass is 79.9. The van der Waals surface area contributed by atoms with Crippen molar-refractivity contribution in [3.05, 3.63) is 58.8 Å². The minimum absolute atomic E-state index is 0.279. The summed E-state index contributed by atoms with van der Waals surface area (Å²) in [5.41, 5.74) is 2.75. The minimum atomic E-state index is 0.279. The molecular weight excluding hydrogens is 328 g/mol. The number of halogens is 1. The summed E-state index contributed by atoms with van der Waals surface area (Å²) in [4.78, 5) is 12.9. The molecule has 1 unspecified atom stereocenters. The fourth-order valence-corrected chi connectivity index (χ4v) is 2.70. The molecule has 4 nitrogen and oxygen atoms in total. The second-order valence-corrected chi connectivity index (χ2v) is 5.89. The fourth-order valence-electron chi connectivity index (χ4n) is 2.26. The van der Waals surface area contributed by atoms with Crippen molar-refractivity contribution in [3.8, 4) is 0 Å². The number of rotatable bonds is 4. The lowest BCUT2D eigenvalue weighted by molar-refractivity contribution is 0.785. The van der Waals surface area contributed by atoms with E-state index < -0.39 is 0 Å². The van der Waals surface area contributed by atoms with E-state index in [1.807, 2.05) is 18.2 Å². The second-order valence-electron chi connectivity index (χ2n) is 4.97. The summed E-state index contributed by atoms with van der Waals surface area (Å²) in [6.07, 6.45) is 4.26. The van der Waals surface area contributed by atoms with E-state index in [9.17, 15) is 0 Å². The number of anilines is 1. The maximum absolute atomic E-state index is 4.48. The third-order valence-electron chi connectivity index (χ3n) is 3.16. The third-order valence-corrected chi connectivity index (χ3v) is 3.65. The van der Waals surface area contributed by atoms with Crippen molar-refractivity contribution in [2.75, 3.05) is 5.32 Å². The first-order chi connectivity index (χ1) is 10.2. The van der Waals surface area contributed by atoms with Gasteiger partial charge in [0, 0.05) is 22.9 Å². The molecule has 1 aromatic carbocycles. The maximum atomic E-state index is 4.48. The lowest BCUT2D eigenvalue weighted by Crippen LogP contribution is -2.18. The van der Waals surface area contributed by atoms with Crippen LogP contribution in [-0.4, -0.2) is 21.0 Å². The van der Waals surface area contributed by atoms with Crippen LogP contribution in [0.5, 0.6) is 0 Å². The molecule has 5 heteroatoms. The van der Waals surface area contributed by atoms with Crippen LogP contribution in [0.4, 0.5) is 5.82 Å². The van der Waals surface area contributed by atoms with Crippen molar-refractivity contribution in [2.24, 2.45) is 0 Å². The van der Waals surface area contributed by atoms with Crippen LogP contribution in [0, 0.1) is 0 Å². The van der Waals surface area contributed by atoms with Crippen LogP contribution in [0.2, 0.25) is 0 Å². The highest BCUT2D eigenvalue weighted by molar-refractivity contribution is 9.10. The van der Waals surface area contributed by atoms with E-state index in [0.29, 0.717) is 5.65 Å². The van der Waals surface area contributed by atoms with Crippen molar-refractivity contribution in [1.82, 2.24) is 15.0 Å². The van der Waals surface area contributed by atoms with Crippen LogP contribution < -0.4 is 5.32 Å². The van der Waals surface area contributed by atoms with Crippen LogP contribution in [0.25, 0.3) is 11.2 Å². The van der Waals surface area contributed by atoms with E-state index in [0.717, 1.165) is 22.2 Å². The Bertz CT molecular complexity index is 760. The zero-order valence-corrected chi connectivity index (χ0v) is 13.2. The van der Waals surface area contributed by atoms with Crippen molar-refractivity contribution >= 4 is 32.9 Å². The van der Waals surface area contributed by atoms with Crippen molar-refractivity contribution < 1.29 is 0 Å². The number of aromatic nitrogens is 3. The van der Waals surface area contributed by atoms with Crippen LogP contribution in [0.15, 0.2) is 53.3 Å². The molecule has 0 radical (unpaired) electrons. The summed E-state index contributed by atoms with van der Waals surface area (Å²) in [6, 6.07) is 12.5. The molecule has 0 amide bonds. The molecule has 0 bridgehead atoms. The number of nitrogens with one attached hydrogen (secondary N) is 1. The zero-order valence-electron chi connectivity index (χ0n) is 11.6. The zero-order chi connectivity index (χ0) is 14.7. The topological polar surface area (TPSA) is 50.7 Å². The molecule has 0 saturated carbocycles. The molecular formula is C16H15BrN4. The van der Waals surface area contributed by atoms with Gasteiger partial charge in [-0.1, -0.05) is 28.1 Å². The van der Waals surface area contributed by atoms with Gasteiger partial charge in [0.2, 0.25) is 0 Å². The SMILES string of the molecule is CC(Cc1cccc(Br)c1)Nc1ccc2nccnc2n1. The number of hydrogen-bond donors (Lipinski definition) is 1. The molecule has 2 aromatic heterocycles. The molecule has 0 spiro atoms. The van der Waals surface area contributed by atoms with Crippen LogP contribution in [0.3, 0.4) is 0 Å². The van der Waals surface area contributed by atoms with Crippen LogP contribution in [-0.2, 0) is 6.42 Å². The average Bonchev–Trinajstić information content (AvgIpc) is 2.47. The third kappa shape index (κ3) is 3.55. The Morgan fingerprint density at radius 3 is 2.86 bits per heavy atom. The van der Waals surface area contributed by atoms with Crippen LogP contribution >= 0.6 is 15.9 Å². The van der Waals surface area contributed by atoms with E-state index in [1.54, 1.807) is 12.4 Å². The van der Waals surface area contributed by atoms with Gasteiger partial charge in [0.15, 0.2) is 5.65 Å². The predicted octanol–water partition coefficient (Wildman–Crippen LogP) is 3.83. The number of fused-ring (bicyclic) bond motifs is 1. The maximum Gasteiger partial charge on any atom is 0.180 e. The molecule has 0 saturated heterocycles. The van der Waals surface area contributed by atoms with Gasteiger partial charge in [0.25, 0.3) is 0 Å². The summed E-state index contributed by atoms with van der Waals surface area (Å²) in [6.45, 7) is 2.14. The number of nitrogens with zero attached hydrogens (tertiary/aromatic N) is 3. The Balaban J connectivity index is 1.72. The van der Waals surface area contributed by atoms with Gasteiger partial charge < -0.3 is 5.32 Å². The van der Waals surface area contributed by atoms with E-state index in [4.69, 9.17) is 0 Å². The first-order valence-electron chi connectivity index (χ1n) is 6.79. The molecule has 3 rings (SSSR count). The van der Waals surface area contributed by atoms with Crippen molar-refractivity contribution in [2.45, 2.75) is 19.4 Å². The van der Waals surface area contributed by atoms with Gasteiger partial charge in [-0.15, -0.1) is 0 Å². The van der Waals surface area contributed by atoms with Gasteiger partial charge in [-0.3, -0.25) is 4.98 Å². The highest BCUT2D eigenvalue weighted by Crippen LogP contribution is 2.15. The largest absolute Gasteiger partial charge is 0.367 e. The Kier molecular flexibility index (Phi) is 4.10. The smallest absolute Gasteiger partial charge is 0.180 e. The molecule has 2 heterocycles. The quantitative estimate of drug-likeness (QED) is 0.782. The number of benzene rings is 1.